The van der Waals surface area contributed by atoms with Crippen LogP contribution in [0, 0.1) is 6.92 Å². The van der Waals surface area contributed by atoms with Gasteiger partial charge in [-0.3, -0.25) is 9.59 Å². The largest absolute Gasteiger partial charge is 0.506 e. The van der Waals surface area contributed by atoms with E-state index >= 15 is 0 Å². The van der Waals surface area contributed by atoms with E-state index in [-0.39, 0.29) is 28.9 Å². The van der Waals surface area contributed by atoms with Crippen LogP contribution in [0.3, 0.4) is 0 Å². The van der Waals surface area contributed by atoms with Gasteiger partial charge in [0, 0.05) is 30.1 Å². The summed E-state index contributed by atoms with van der Waals surface area (Å²) in [6, 6.07) is 14.0. The average Bonchev–Trinajstić information content (AvgIpc) is 3.15. The van der Waals surface area contributed by atoms with Gasteiger partial charge >= 0.3 is 0 Å². The fourth-order valence-corrected chi connectivity index (χ4v) is 5.88. The fraction of sp³-hybridized carbons (Fsp3) is 0.120. The summed E-state index contributed by atoms with van der Waals surface area (Å²) in [5, 5.41) is 13.1. The van der Waals surface area contributed by atoms with E-state index in [0.717, 1.165) is 0 Å². The molecule has 0 fully saturated rings. The number of phenolic OH excluding ortho intramolecular Hbond substituents is 1. The van der Waals surface area contributed by atoms with Crippen molar-refractivity contribution < 1.29 is 27.5 Å². The number of carbonyl (C=O) groups excluding carboxylic acids is 2. The molecule has 0 bridgehead atoms. The number of benzene rings is 3. The normalized spacial score (nSPS) is 11.6. The number of sulfonamides is 1. The molecule has 1 heterocycles. The first-order valence-electron chi connectivity index (χ1n) is 10.6. The number of ketones is 1. The Hall–Kier alpha value is -2.99. The zero-order valence-electron chi connectivity index (χ0n) is 19.1. The third kappa shape index (κ3) is 5.39. The maximum atomic E-state index is 13.2. The number of rotatable bonds is 7. The summed E-state index contributed by atoms with van der Waals surface area (Å²) < 4.78 is 34.5. The molecule has 3 N–H and O–H groups in total. The number of furan rings is 1. The molecule has 0 aliphatic rings. The minimum absolute atomic E-state index is 0.00362. The Morgan fingerprint density at radius 1 is 1.00 bits per heavy atom. The van der Waals surface area contributed by atoms with Gasteiger partial charge in [0.1, 0.15) is 17.1 Å². The molecule has 0 aliphatic carbocycles. The van der Waals surface area contributed by atoms with E-state index in [2.05, 4.69) is 41.9 Å². The molecular weight excluding hydrogens is 616 g/mol. The Kier molecular flexibility index (Phi) is 7.37. The molecule has 11 heteroatoms. The van der Waals surface area contributed by atoms with Crippen molar-refractivity contribution in [2.45, 2.75) is 25.3 Å². The number of hydrogen-bond donors (Lipinski definition) is 3. The molecular formula is C25H20Br2N2O6S. The molecule has 36 heavy (non-hydrogen) atoms. The fourth-order valence-electron chi connectivity index (χ4n) is 3.68. The van der Waals surface area contributed by atoms with Crippen molar-refractivity contribution in [3.8, 4) is 5.75 Å². The van der Waals surface area contributed by atoms with Gasteiger partial charge < -0.3 is 14.8 Å². The minimum Gasteiger partial charge on any atom is -0.506 e. The zero-order chi connectivity index (χ0) is 26.2. The Bertz CT molecular complexity index is 1590. The third-order valence-electron chi connectivity index (χ3n) is 5.39. The lowest BCUT2D eigenvalue weighted by atomic mass is 10.00. The van der Waals surface area contributed by atoms with Crippen LogP contribution in [-0.2, 0) is 21.4 Å². The Morgan fingerprint density at radius 3 is 2.25 bits per heavy atom. The van der Waals surface area contributed by atoms with Crippen molar-refractivity contribution in [1.29, 1.82) is 0 Å². The molecule has 8 nitrogen and oxygen atoms in total. The molecule has 0 saturated heterocycles. The molecule has 0 aliphatic heterocycles. The van der Waals surface area contributed by atoms with Crippen molar-refractivity contribution in [3.63, 3.8) is 0 Å². The standard InChI is InChI=1S/C25H20Br2N2O6S/c1-13-23(24(31)16-10-20(26)25(32)21(27)11-16)19-8-3-15(9-22(19)35-13)12-28-36(33,34)18-6-4-17(5-7-18)29-14(2)30/h3-11,28,32H,12H2,1-2H3,(H,29,30). The van der Waals surface area contributed by atoms with E-state index in [0.29, 0.717) is 48.1 Å². The Morgan fingerprint density at radius 2 is 1.64 bits per heavy atom. The number of aromatic hydroxyl groups is 1. The lowest BCUT2D eigenvalue weighted by molar-refractivity contribution is -0.114. The van der Waals surface area contributed by atoms with Crippen LogP contribution in [0.1, 0.15) is 34.2 Å². The second-order valence-electron chi connectivity index (χ2n) is 8.01. The van der Waals surface area contributed by atoms with Gasteiger partial charge in [0.05, 0.1) is 19.4 Å². The highest BCUT2D eigenvalue weighted by Gasteiger charge is 2.22. The summed E-state index contributed by atoms with van der Waals surface area (Å²) in [5.74, 6) is -0.104. The van der Waals surface area contributed by atoms with Crippen molar-refractivity contribution in [2.75, 3.05) is 5.32 Å². The van der Waals surface area contributed by atoms with Crippen LogP contribution >= 0.6 is 31.9 Å². The van der Waals surface area contributed by atoms with E-state index in [9.17, 15) is 23.1 Å². The average molecular weight is 636 g/mol. The minimum atomic E-state index is -3.80. The summed E-state index contributed by atoms with van der Waals surface area (Å²) in [4.78, 5) is 24.4. The van der Waals surface area contributed by atoms with Crippen LogP contribution in [0.15, 0.2) is 72.9 Å². The van der Waals surface area contributed by atoms with E-state index in [1.807, 2.05) is 0 Å². The van der Waals surface area contributed by atoms with Gasteiger partial charge in [0.25, 0.3) is 0 Å². The molecule has 4 aromatic rings. The molecule has 0 unspecified atom stereocenters. The molecule has 1 aromatic heterocycles. The molecule has 0 radical (unpaired) electrons. The summed E-state index contributed by atoms with van der Waals surface area (Å²) in [6.07, 6.45) is 0. The van der Waals surface area contributed by atoms with Crippen LogP contribution in [0.4, 0.5) is 5.69 Å². The van der Waals surface area contributed by atoms with Crippen LogP contribution in [0.25, 0.3) is 11.0 Å². The highest BCUT2D eigenvalue weighted by molar-refractivity contribution is 9.11. The Labute approximate surface area is 224 Å². The SMILES string of the molecule is CC(=O)Nc1ccc(S(=O)(=O)NCc2ccc3c(C(=O)c4cc(Br)c(O)c(Br)c4)c(C)oc3c2)cc1. The van der Waals surface area contributed by atoms with Crippen LogP contribution in [0.5, 0.6) is 5.75 Å². The lowest BCUT2D eigenvalue weighted by Gasteiger charge is -2.08. The van der Waals surface area contributed by atoms with E-state index < -0.39 is 10.0 Å². The monoisotopic (exact) mass is 634 g/mol. The van der Waals surface area contributed by atoms with Gasteiger partial charge in [-0.15, -0.1) is 0 Å². The summed E-state index contributed by atoms with van der Waals surface area (Å²) in [5.41, 5.74) is 2.34. The number of aryl methyl sites for hydroxylation is 1. The van der Waals surface area contributed by atoms with Crippen molar-refractivity contribution in [1.82, 2.24) is 4.72 Å². The number of amides is 1. The number of hydrogen-bond acceptors (Lipinski definition) is 6. The van der Waals surface area contributed by atoms with Gasteiger partial charge in [-0.2, -0.15) is 0 Å². The number of anilines is 1. The van der Waals surface area contributed by atoms with Crippen LogP contribution in [0.2, 0.25) is 0 Å². The predicted molar refractivity (Wildman–Crippen MR) is 143 cm³/mol. The second kappa shape index (κ2) is 10.2. The first kappa shape index (κ1) is 26.1. The van der Waals surface area contributed by atoms with Gasteiger partial charge in [-0.25, -0.2) is 13.1 Å². The first-order chi connectivity index (χ1) is 17.0. The topological polar surface area (TPSA) is 126 Å². The quantitative estimate of drug-likeness (QED) is 0.226. The molecule has 0 saturated carbocycles. The van der Waals surface area contributed by atoms with E-state index in [4.69, 9.17) is 4.42 Å². The molecule has 0 spiro atoms. The highest BCUT2D eigenvalue weighted by Crippen LogP contribution is 2.35. The van der Waals surface area contributed by atoms with E-state index in [1.54, 1.807) is 25.1 Å². The molecule has 186 valence electrons. The smallest absolute Gasteiger partial charge is 0.240 e. The number of fused-ring (bicyclic) bond motifs is 1. The highest BCUT2D eigenvalue weighted by atomic mass is 79.9. The van der Waals surface area contributed by atoms with Crippen LogP contribution < -0.4 is 10.0 Å². The first-order valence-corrected chi connectivity index (χ1v) is 13.7. The molecule has 0 atom stereocenters. The number of nitrogens with one attached hydrogen (secondary N) is 2. The van der Waals surface area contributed by atoms with Crippen molar-refractivity contribution in [3.05, 3.63) is 86.0 Å². The number of phenols is 1. The summed E-state index contributed by atoms with van der Waals surface area (Å²) in [7, 11) is -3.80. The third-order valence-corrected chi connectivity index (χ3v) is 8.01. The maximum Gasteiger partial charge on any atom is 0.240 e. The summed E-state index contributed by atoms with van der Waals surface area (Å²) >= 11 is 6.48. The van der Waals surface area contributed by atoms with Crippen LogP contribution in [-0.4, -0.2) is 25.2 Å². The number of halogens is 2. The predicted octanol–water partition coefficient (Wildman–Crippen LogP) is 5.64. The van der Waals surface area contributed by atoms with Crippen molar-refractivity contribution in [2.24, 2.45) is 0 Å². The second-order valence-corrected chi connectivity index (χ2v) is 11.5. The van der Waals surface area contributed by atoms with Crippen molar-refractivity contribution >= 4 is 70.2 Å². The summed E-state index contributed by atoms with van der Waals surface area (Å²) in [6.45, 7) is 3.06. The number of carbonyl (C=O) groups is 2. The molecule has 3 aromatic carbocycles. The van der Waals surface area contributed by atoms with Gasteiger partial charge in [-0.05, 0) is 86.8 Å². The van der Waals surface area contributed by atoms with Gasteiger partial charge in [0.15, 0.2) is 5.78 Å². The lowest BCUT2D eigenvalue weighted by Crippen LogP contribution is -2.23. The zero-order valence-corrected chi connectivity index (χ0v) is 23.0. The maximum absolute atomic E-state index is 13.2. The molecule has 1 amide bonds. The molecule has 4 rings (SSSR count). The Balaban J connectivity index is 1.55. The van der Waals surface area contributed by atoms with E-state index in [1.165, 1.54) is 43.3 Å². The van der Waals surface area contributed by atoms with Gasteiger partial charge in [0.2, 0.25) is 15.9 Å². The van der Waals surface area contributed by atoms with Gasteiger partial charge in [-0.1, -0.05) is 12.1 Å².